The maximum Gasteiger partial charge on any atom is 0.126 e. The van der Waals surface area contributed by atoms with Gasteiger partial charge in [-0.2, -0.15) is 0 Å². The number of likely N-dealkylation sites (N-methyl/N-ethyl adjacent to an activating group) is 1. The Balaban J connectivity index is 2.02. The fraction of sp³-hybridized carbons (Fsp3) is 0.643. The van der Waals surface area contributed by atoms with Gasteiger partial charge in [-0.3, -0.25) is 0 Å². The van der Waals surface area contributed by atoms with E-state index in [2.05, 4.69) is 40.0 Å². The van der Waals surface area contributed by atoms with Crippen molar-refractivity contribution in [3.63, 3.8) is 0 Å². The van der Waals surface area contributed by atoms with Crippen LogP contribution in [-0.4, -0.2) is 31.2 Å². The van der Waals surface area contributed by atoms with E-state index in [0.29, 0.717) is 12.1 Å². The van der Waals surface area contributed by atoms with E-state index in [4.69, 9.17) is 0 Å². The summed E-state index contributed by atoms with van der Waals surface area (Å²) in [7, 11) is 2.03. The minimum Gasteiger partial charge on any atom is -0.370 e. The summed E-state index contributed by atoms with van der Waals surface area (Å²) in [6, 6.07) is 5.21. The molecule has 18 heavy (non-hydrogen) atoms. The number of hydrogen-bond acceptors (Lipinski definition) is 4. The minimum absolute atomic E-state index is 0.407. The maximum atomic E-state index is 4.37. The summed E-state index contributed by atoms with van der Waals surface area (Å²) in [4.78, 5) is 4.37. The van der Waals surface area contributed by atoms with Gasteiger partial charge < -0.3 is 16.0 Å². The molecule has 1 saturated heterocycles. The summed E-state index contributed by atoms with van der Waals surface area (Å²) in [5, 5.41) is 10.3. The largest absolute Gasteiger partial charge is 0.370 e. The first kappa shape index (κ1) is 13.3. The number of hydrogen-bond donors (Lipinski definition) is 3. The average Bonchev–Trinajstić information content (AvgIpc) is 2.88. The first-order chi connectivity index (χ1) is 8.85. The topological polar surface area (TPSA) is 49.0 Å². The van der Waals surface area contributed by atoms with Crippen molar-refractivity contribution < 1.29 is 0 Å². The van der Waals surface area contributed by atoms with E-state index < -0.39 is 0 Å². The van der Waals surface area contributed by atoms with Crippen LogP contribution in [-0.2, 0) is 0 Å². The van der Waals surface area contributed by atoms with Crippen LogP contribution in [0.25, 0.3) is 0 Å². The molecule has 0 spiro atoms. The van der Waals surface area contributed by atoms with E-state index in [1.54, 1.807) is 0 Å². The van der Waals surface area contributed by atoms with Gasteiger partial charge >= 0.3 is 0 Å². The van der Waals surface area contributed by atoms with Crippen molar-refractivity contribution in [2.45, 2.75) is 38.3 Å². The molecule has 2 heterocycles. The second-order valence-electron chi connectivity index (χ2n) is 4.87. The van der Waals surface area contributed by atoms with Gasteiger partial charge in [0.1, 0.15) is 5.82 Å². The molecule has 4 nitrogen and oxygen atoms in total. The first-order valence-corrected chi connectivity index (χ1v) is 6.95. The smallest absolute Gasteiger partial charge is 0.126 e. The third kappa shape index (κ3) is 3.21. The molecule has 0 amide bonds. The Labute approximate surface area is 110 Å². The van der Waals surface area contributed by atoms with Gasteiger partial charge in [0.25, 0.3) is 0 Å². The monoisotopic (exact) mass is 248 g/mol. The molecule has 4 heteroatoms. The zero-order valence-electron chi connectivity index (χ0n) is 11.4. The lowest BCUT2D eigenvalue weighted by Crippen LogP contribution is -2.31. The van der Waals surface area contributed by atoms with Crippen molar-refractivity contribution in [3.8, 4) is 0 Å². The fourth-order valence-electron chi connectivity index (χ4n) is 2.49. The summed E-state index contributed by atoms with van der Waals surface area (Å²) < 4.78 is 0. The lowest BCUT2D eigenvalue weighted by Gasteiger charge is -2.19. The Bertz CT molecular complexity index is 367. The number of unbranched alkanes of at least 4 members (excludes halogenated alkanes) is 1. The van der Waals surface area contributed by atoms with Crippen LogP contribution in [0.3, 0.4) is 0 Å². The van der Waals surface area contributed by atoms with Crippen molar-refractivity contribution in [3.05, 3.63) is 23.9 Å². The standard InChI is InChI=1S/C14H24N4/c1-3-4-7-16-13-10-11(5-8-17-13)14-12(15-2)6-9-18-14/h5,8,10,12,14-15,18H,3-4,6-7,9H2,1-2H3,(H,16,17)/t12-,14?/m0/s1. The van der Waals surface area contributed by atoms with E-state index in [9.17, 15) is 0 Å². The molecule has 1 aromatic rings. The predicted molar refractivity (Wildman–Crippen MR) is 75.8 cm³/mol. The van der Waals surface area contributed by atoms with Crippen LogP contribution >= 0.6 is 0 Å². The second kappa shape index (κ2) is 6.71. The van der Waals surface area contributed by atoms with Crippen molar-refractivity contribution in [2.24, 2.45) is 0 Å². The van der Waals surface area contributed by atoms with Gasteiger partial charge in [0, 0.05) is 24.8 Å². The van der Waals surface area contributed by atoms with Crippen LogP contribution in [0.2, 0.25) is 0 Å². The fourth-order valence-corrected chi connectivity index (χ4v) is 2.49. The van der Waals surface area contributed by atoms with Gasteiger partial charge in [0.15, 0.2) is 0 Å². The summed E-state index contributed by atoms with van der Waals surface area (Å²) in [6.45, 7) is 4.28. The number of nitrogens with one attached hydrogen (secondary N) is 3. The van der Waals surface area contributed by atoms with Gasteiger partial charge in [-0.1, -0.05) is 13.3 Å². The quantitative estimate of drug-likeness (QED) is 0.673. The highest BCUT2D eigenvalue weighted by atomic mass is 15.1. The number of anilines is 1. The van der Waals surface area contributed by atoms with Crippen LogP contribution < -0.4 is 16.0 Å². The Kier molecular flexibility index (Phi) is 4.96. The van der Waals surface area contributed by atoms with Gasteiger partial charge in [-0.15, -0.1) is 0 Å². The Morgan fingerprint density at radius 2 is 2.39 bits per heavy atom. The van der Waals surface area contributed by atoms with E-state index in [1.807, 2.05) is 13.2 Å². The average molecular weight is 248 g/mol. The van der Waals surface area contributed by atoms with Crippen LogP contribution in [0.5, 0.6) is 0 Å². The number of nitrogens with zero attached hydrogens (tertiary/aromatic N) is 1. The van der Waals surface area contributed by atoms with Crippen LogP contribution in [0.15, 0.2) is 18.3 Å². The maximum absolute atomic E-state index is 4.37. The Morgan fingerprint density at radius 3 is 3.17 bits per heavy atom. The molecule has 2 rings (SSSR count). The molecule has 1 aliphatic heterocycles. The van der Waals surface area contributed by atoms with Crippen LogP contribution in [0, 0.1) is 0 Å². The van der Waals surface area contributed by atoms with Gasteiger partial charge in [0.2, 0.25) is 0 Å². The number of aromatic nitrogens is 1. The van der Waals surface area contributed by atoms with Crippen molar-refractivity contribution in [1.82, 2.24) is 15.6 Å². The highest BCUT2D eigenvalue weighted by Gasteiger charge is 2.26. The summed E-state index contributed by atoms with van der Waals surface area (Å²) in [5.74, 6) is 0.990. The van der Waals surface area contributed by atoms with Gasteiger partial charge in [-0.05, 0) is 44.1 Å². The molecule has 100 valence electrons. The predicted octanol–water partition coefficient (Wildman–Crippen LogP) is 1.92. The zero-order valence-corrected chi connectivity index (χ0v) is 11.4. The molecule has 1 aromatic heterocycles. The summed E-state index contributed by atoms with van der Waals surface area (Å²) in [6.07, 6.45) is 5.48. The van der Waals surface area contributed by atoms with E-state index in [0.717, 1.165) is 18.9 Å². The SMILES string of the molecule is CCCCNc1cc(C2NCC[C@@H]2NC)ccn1. The molecule has 2 atom stereocenters. The molecule has 3 N–H and O–H groups in total. The molecule has 0 aliphatic carbocycles. The highest BCUT2D eigenvalue weighted by Crippen LogP contribution is 2.24. The van der Waals surface area contributed by atoms with E-state index in [1.165, 1.54) is 24.8 Å². The molecular weight excluding hydrogens is 224 g/mol. The molecule has 1 unspecified atom stereocenters. The molecule has 1 aliphatic rings. The third-order valence-corrected chi connectivity index (χ3v) is 3.57. The second-order valence-corrected chi connectivity index (χ2v) is 4.87. The lowest BCUT2D eigenvalue weighted by atomic mass is 10.0. The highest BCUT2D eigenvalue weighted by molar-refractivity contribution is 5.39. The Hall–Kier alpha value is -1.13. The lowest BCUT2D eigenvalue weighted by molar-refractivity contribution is 0.498. The Morgan fingerprint density at radius 1 is 1.50 bits per heavy atom. The zero-order chi connectivity index (χ0) is 12.8. The molecular formula is C14H24N4. The molecule has 0 aromatic carbocycles. The molecule has 0 saturated carbocycles. The normalized spacial score (nSPS) is 23.2. The van der Waals surface area contributed by atoms with E-state index in [-0.39, 0.29) is 0 Å². The van der Waals surface area contributed by atoms with Crippen LogP contribution in [0.4, 0.5) is 5.82 Å². The van der Waals surface area contributed by atoms with Crippen molar-refractivity contribution in [1.29, 1.82) is 0 Å². The van der Waals surface area contributed by atoms with Gasteiger partial charge in [-0.25, -0.2) is 4.98 Å². The molecule has 0 bridgehead atoms. The molecule has 1 fully saturated rings. The third-order valence-electron chi connectivity index (χ3n) is 3.57. The molecule has 0 radical (unpaired) electrons. The minimum atomic E-state index is 0.407. The van der Waals surface area contributed by atoms with Gasteiger partial charge in [0.05, 0.1) is 0 Å². The van der Waals surface area contributed by atoms with E-state index >= 15 is 0 Å². The summed E-state index contributed by atoms with van der Waals surface area (Å²) >= 11 is 0. The van der Waals surface area contributed by atoms with Crippen molar-refractivity contribution in [2.75, 3.05) is 25.5 Å². The number of rotatable bonds is 6. The first-order valence-electron chi connectivity index (χ1n) is 6.95. The van der Waals surface area contributed by atoms with Crippen LogP contribution in [0.1, 0.15) is 37.8 Å². The van der Waals surface area contributed by atoms with Crippen molar-refractivity contribution >= 4 is 5.82 Å². The summed E-state index contributed by atoms with van der Waals surface area (Å²) in [5.41, 5.74) is 1.32. The number of pyridine rings is 1.